The van der Waals surface area contributed by atoms with Crippen LogP contribution >= 0.6 is 0 Å². The van der Waals surface area contributed by atoms with Crippen molar-refractivity contribution in [1.29, 1.82) is 0 Å². The van der Waals surface area contributed by atoms with Gasteiger partial charge in [-0.3, -0.25) is 14.4 Å². The van der Waals surface area contributed by atoms with E-state index >= 15 is 0 Å². The summed E-state index contributed by atoms with van der Waals surface area (Å²) in [5, 5.41) is 11.4. The van der Waals surface area contributed by atoms with Gasteiger partial charge in [0.25, 0.3) is 0 Å². The molecule has 0 aromatic heterocycles. The van der Waals surface area contributed by atoms with E-state index in [1.165, 1.54) is 0 Å². The van der Waals surface area contributed by atoms with Crippen molar-refractivity contribution < 1.29 is 19.5 Å². The third kappa shape index (κ3) is 4.71. The maximum absolute atomic E-state index is 14.7. The SMILES string of the molecule is CC(C)=CC[C@@H]1C[C@]2(CC=C(C)C)C(=O)/C(=C(/O)c3ccccc3)C(=O)[C@@](CC=C(C)C)(C2=O)C1(C)C. The van der Waals surface area contributed by atoms with Gasteiger partial charge in [-0.25, -0.2) is 0 Å². The summed E-state index contributed by atoms with van der Waals surface area (Å²) in [6, 6.07) is 8.70. The average Bonchev–Trinajstić information content (AvgIpc) is 2.82. The van der Waals surface area contributed by atoms with Crippen LogP contribution in [0.2, 0.25) is 0 Å². The first-order valence-electron chi connectivity index (χ1n) is 13.3. The molecule has 3 atom stereocenters. The smallest absolute Gasteiger partial charge is 0.184 e. The third-order valence-corrected chi connectivity index (χ3v) is 8.58. The minimum atomic E-state index is -1.45. The lowest BCUT2D eigenvalue weighted by Gasteiger charge is -2.60. The van der Waals surface area contributed by atoms with Gasteiger partial charge >= 0.3 is 0 Å². The largest absolute Gasteiger partial charge is 0.506 e. The Hall–Kier alpha value is -3.01. The van der Waals surface area contributed by atoms with E-state index in [1.54, 1.807) is 24.3 Å². The number of carbonyl (C=O) groups excluding carboxylic acids is 3. The van der Waals surface area contributed by atoms with Crippen LogP contribution in [0, 0.1) is 22.2 Å². The van der Waals surface area contributed by atoms with E-state index in [0.717, 1.165) is 16.7 Å². The number of aliphatic hydroxyl groups is 1. The first-order valence-corrected chi connectivity index (χ1v) is 13.3. The fourth-order valence-electron chi connectivity index (χ4n) is 6.13. The molecule has 0 radical (unpaired) electrons. The van der Waals surface area contributed by atoms with Gasteiger partial charge < -0.3 is 5.11 Å². The second kappa shape index (κ2) is 10.4. The number of hydrogen-bond acceptors (Lipinski definition) is 4. The predicted octanol–water partition coefficient (Wildman–Crippen LogP) is 7.76. The Balaban J connectivity index is 2.43. The number of Topliss-reactive ketones (excluding diaryl/α,β-unsaturated/α-hetero) is 3. The molecule has 0 amide bonds. The molecule has 4 heteroatoms. The molecule has 37 heavy (non-hydrogen) atoms. The van der Waals surface area contributed by atoms with Crippen molar-refractivity contribution in [2.75, 3.05) is 0 Å². The molecular weight excluding hydrogens is 460 g/mol. The van der Waals surface area contributed by atoms with Gasteiger partial charge in [0.05, 0.1) is 5.41 Å². The highest BCUT2D eigenvalue weighted by Crippen LogP contribution is 2.65. The number of aliphatic hydroxyl groups excluding tert-OH is 1. The van der Waals surface area contributed by atoms with Crippen LogP contribution in [0.5, 0.6) is 0 Å². The minimum absolute atomic E-state index is 0.0652. The molecule has 2 fully saturated rings. The van der Waals surface area contributed by atoms with Gasteiger partial charge in [0.1, 0.15) is 16.7 Å². The molecule has 2 bridgehead atoms. The zero-order chi connectivity index (χ0) is 27.8. The average molecular weight is 503 g/mol. The van der Waals surface area contributed by atoms with Gasteiger partial charge in [-0.05, 0) is 78.6 Å². The second-order valence-electron chi connectivity index (χ2n) is 12.2. The lowest BCUT2D eigenvalue weighted by Crippen LogP contribution is -2.69. The number of hydrogen-bond donors (Lipinski definition) is 1. The zero-order valence-corrected chi connectivity index (χ0v) is 23.7. The van der Waals surface area contributed by atoms with Crippen molar-refractivity contribution in [2.24, 2.45) is 22.2 Å². The van der Waals surface area contributed by atoms with Crippen molar-refractivity contribution in [3.8, 4) is 0 Å². The molecule has 3 rings (SSSR count). The first-order chi connectivity index (χ1) is 17.2. The van der Waals surface area contributed by atoms with Crippen LogP contribution in [0.25, 0.3) is 5.76 Å². The maximum atomic E-state index is 14.7. The summed E-state index contributed by atoms with van der Waals surface area (Å²) in [6.45, 7) is 15.9. The predicted molar refractivity (Wildman–Crippen MR) is 150 cm³/mol. The van der Waals surface area contributed by atoms with Gasteiger partial charge in [0.15, 0.2) is 17.3 Å². The molecule has 4 nitrogen and oxygen atoms in total. The Labute approximate surface area is 222 Å². The Bertz CT molecular complexity index is 1210. The van der Waals surface area contributed by atoms with Crippen molar-refractivity contribution >= 4 is 23.1 Å². The van der Waals surface area contributed by atoms with Crippen LogP contribution in [0.1, 0.15) is 86.6 Å². The molecule has 1 aromatic carbocycles. The first kappa shape index (κ1) is 28.6. The summed E-state index contributed by atoms with van der Waals surface area (Å²) >= 11 is 0. The van der Waals surface area contributed by atoms with Gasteiger partial charge in [-0.1, -0.05) is 79.1 Å². The van der Waals surface area contributed by atoms with Crippen molar-refractivity contribution in [1.82, 2.24) is 0 Å². The van der Waals surface area contributed by atoms with Crippen molar-refractivity contribution in [2.45, 2.75) is 81.1 Å². The van der Waals surface area contributed by atoms with Crippen LogP contribution in [0.4, 0.5) is 0 Å². The summed E-state index contributed by atoms with van der Waals surface area (Å²) in [4.78, 5) is 43.6. The number of carbonyl (C=O) groups is 3. The number of rotatable bonds is 7. The highest BCUT2D eigenvalue weighted by molar-refractivity contribution is 6.41. The molecule has 2 aliphatic rings. The van der Waals surface area contributed by atoms with E-state index < -0.39 is 27.8 Å². The molecule has 0 unspecified atom stereocenters. The Morgan fingerprint density at radius 1 is 0.838 bits per heavy atom. The van der Waals surface area contributed by atoms with E-state index in [2.05, 4.69) is 6.08 Å². The molecule has 1 aromatic rings. The number of allylic oxidation sites excluding steroid dienone is 7. The van der Waals surface area contributed by atoms with Gasteiger partial charge in [0, 0.05) is 5.56 Å². The van der Waals surface area contributed by atoms with E-state index in [-0.39, 0.29) is 35.9 Å². The summed E-state index contributed by atoms with van der Waals surface area (Å²) < 4.78 is 0. The third-order valence-electron chi connectivity index (χ3n) is 8.58. The monoisotopic (exact) mass is 502 g/mol. The topological polar surface area (TPSA) is 71.4 Å². The van der Waals surface area contributed by atoms with Crippen LogP contribution < -0.4 is 0 Å². The van der Waals surface area contributed by atoms with E-state index in [1.807, 2.05) is 73.6 Å². The molecule has 2 saturated carbocycles. The fourth-order valence-corrected chi connectivity index (χ4v) is 6.13. The second-order valence-corrected chi connectivity index (χ2v) is 12.2. The molecule has 0 heterocycles. The quantitative estimate of drug-likeness (QED) is 0.136. The summed E-state index contributed by atoms with van der Waals surface area (Å²) in [5.74, 6) is -1.75. The molecule has 0 spiro atoms. The van der Waals surface area contributed by atoms with E-state index in [4.69, 9.17) is 0 Å². The highest BCUT2D eigenvalue weighted by atomic mass is 16.3. The van der Waals surface area contributed by atoms with Crippen LogP contribution in [-0.2, 0) is 14.4 Å². The molecule has 2 aliphatic carbocycles. The minimum Gasteiger partial charge on any atom is -0.506 e. The lowest BCUT2D eigenvalue weighted by atomic mass is 9.38. The zero-order valence-electron chi connectivity index (χ0n) is 23.7. The van der Waals surface area contributed by atoms with Gasteiger partial charge in [-0.2, -0.15) is 0 Å². The van der Waals surface area contributed by atoms with Crippen LogP contribution in [0.3, 0.4) is 0 Å². The van der Waals surface area contributed by atoms with Crippen LogP contribution in [0.15, 0.2) is 70.9 Å². The number of ketones is 3. The standard InChI is InChI=1S/C33H42O4/c1-21(2)14-15-25-20-32(18-16-22(3)4)28(35)26(27(34)24-12-10-9-11-13-24)29(36)33(30(32)37,31(25,7)8)19-17-23(5)6/h9-14,16-17,25,34H,15,18-20H2,1-8H3/b27-26-/t25-,32-,33+/m1/s1. The number of fused-ring (bicyclic) bond motifs is 2. The number of benzene rings is 1. The lowest BCUT2D eigenvalue weighted by molar-refractivity contribution is -0.176. The normalized spacial score (nSPS) is 27.9. The van der Waals surface area contributed by atoms with Gasteiger partial charge in [0.2, 0.25) is 0 Å². The van der Waals surface area contributed by atoms with Gasteiger partial charge in [-0.15, -0.1) is 0 Å². The Morgan fingerprint density at radius 2 is 1.38 bits per heavy atom. The Kier molecular flexibility index (Phi) is 8.02. The van der Waals surface area contributed by atoms with E-state index in [9.17, 15) is 19.5 Å². The fraction of sp³-hybridized carbons (Fsp3) is 0.485. The molecule has 0 saturated heterocycles. The Morgan fingerprint density at radius 3 is 1.92 bits per heavy atom. The summed E-state index contributed by atoms with van der Waals surface area (Å²) in [7, 11) is 0. The molecular formula is C33H42O4. The molecule has 198 valence electrons. The molecule has 0 aliphatic heterocycles. The van der Waals surface area contributed by atoms with E-state index in [0.29, 0.717) is 18.4 Å². The van der Waals surface area contributed by atoms with Crippen molar-refractivity contribution in [3.05, 3.63) is 76.4 Å². The highest BCUT2D eigenvalue weighted by Gasteiger charge is 2.73. The summed E-state index contributed by atoms with van der Waals surface area (Å²) in [6.07, 6.45) is 7.49. The van der Waals surface area contributed by atoms with Crippen LogP contribution in [-0.4, -0.2) is 22.5 Å². The maximum Gasteiger partial charge on any atom is 0.184 e. The summed E-state index contributed by atoms with van der Waals surface area (Å²) in [5.41, 5.74) is -0.236. The molecule has 1 N–H and O–H groups in total. The van der Waals surface area contributed by atoms with Crippen molar-refractivity contribution in [3.63, 3.8) is 0 Å².